The van der Waals surface area contributed by atoms with Crippen molar-refractivity contribution in [3.8, 4) is 5.75 Å². The fourth-order valence-corrected chi connectivity index (χ4v) is 4.90. The predicted octanol–water partition coefficient (Wildman–Crippen LogP) is 6.01. The number of ketones is 1. The predicted molar refractivity (Wildman–Crippen MR) is 158 cm³/mol. The standard InChI is InChI=1S/C32H37N3O4/c1-7-34(8-2)25-13-9-22(10-14-25)29-28(30(36)23-11-19-27(20-12-23)39-21(3)4)31(37)32(38)35(29)26-17-15-24(16-18-26)33(5)6/h9-21,29,36H,7-8H2,1-6H3/b30-28+. The van der Waals surface area contributed by atoms with Gasteiger partial charge in [-0.2, -0.15) is 0 Å². The summed E-state index contributed by atoms with van der Waals surface area (Å²) in [5.41, 5.74) is 3.85. The molecule has 1 amide bonds. The summed E-state index contributed by atoms with van der Waals surface area (Å²) in [7, 11) is 3.88. The lowest BCUT2D eigenvalue weighted by Crippen LogP contribution is -2.29. The van der Waals surface area contributed by atoms with E-state index in [1.54, 1.807) is 24.3 Å². The van der Waals surface area contributed by atoms with Gasteiger partial charge in [-0.3, -0.25) is 14.5 Å². The van der Waals surface area contributed by atoms with Crippen LogP contribution in [0.3, 0.4) is 0 Å². The fourth-order valence-electron chi connectivity index (χ4n) is 4.90. The van der Waals surface area contributed by atoms with Crippen molar-refractivity contribution in [2.24, 2.45) is 0 Å². The molecule has 4 rings (SSSR count). The number of carbonyl (C=O) groups excluding carboxylic acids is 2. The number of Topliss-reactive ketones (excluding diaryl/α,β-unsaturated/α-hetero) is 1. The molecule has 0 radical (unpaired) electrons. The maximum absolute atomic E-state index is 13.5. The Morgan fingerprint density at radius 2 is 1.44 bits per heavy atom. The molecule has 3 aromatic carbocycles. The zero-order chi connectivity index (χ0) is 28.3. The Kier molecular flexibility index (Phi) is 8.29. The van der Waals surface area contributed by atoms with Crippen LogP contribution in [-0.4, -0.2) is 50.1 Å². The van der Waals surface area contributed by atoms with Crippen LogP contribution in [0.2, 0.25) is 0 Å². The van der Waals surface area contributed by atoms with Crippen molar-refractivity contribution in [3.63, 3.8) is 0 Å². The second kappa shape index (κ2) is 11.6. The van der Waals surface area contributed by atoms with Gasteiger partial charge in [-0.05, 0) is 93.9 Å². The Bertz CT molecular complexity index is 1340. The highest BCUT2D eigenvalue weighted by molar-refractivity contribution is 6.51. The minimum atomic E-state index is -0.785. The average Bonchev–Trinajstić information content (AvgIpc) is 3.19. The van der Waals surface area contributed by atoms with Crippen molar-refractivity contribution in [1.82, 2.24) is 0 Å². The van der Waals surface area contributed by atoms with Crippen LogP contribution in [0.5, 0.6) is 5.75 Å². The highest BCUT2D eigenvalue weighted by atomic mass is 16.5. The molecule has 0 saturated carbocycles. The van der Waals surface area contributed by atoms with Gasteiger partial charge in [0.1, 0.15) is 11.5 Å². The van der Waals surface area contributed by atoms with E-state index in [2.05, 4.69) is 18.7 Å². The van der Waals surface area contributed by atoms with E-state index in [0.29, 0.717) is 17.0 Å². The second-order valence-corrected chi connectivity index (χ2v) is 10.0. The van der Waals surface area contributed by atoms with Crippen molar-refractivity contribution in [2.45, 2.75) is 39.8 Å². The zero-order valence-corrected chi connectivity index (χ0v) is 23.5. The minimum absolute atomic E-state index is 0.00738. The Morgan fingerprint density at radius 3 is 1.95 bits per heavy atom. The summed E-state index contributed by atoms with van der Waals surface area (Å²) in [6.07, 6.45) is 0.00738. The summed E-state index contributed by atoms with van der Waals surface area (Å²) in [6.45, 7) is 9.80. The van der Waals surface area contributed by atoms with Crippen molar-refractivity contribution in [1.29, 1.82) is 0 Å². The van der Waals surface area contributed by atoms with Gasteiger partial charge >= 0.3 is 0 Å². The third-order valence-corrected chi connectivity index (χ3v) is 6.93. The molecular formula is C32H37N3O4. The third-order valence-electron chi connectivity index (χ3n) is 6.93. The first-order valence-electron chi connectivity index (χ1n) is 13.4. The smallest absolute Gasteiger partial charge is 0.300 e. The van der Waals surface area contributed by atoms with Crippen LogP contribution in [0.1, 0.15) is 44.9 Å². The van der Waals surface area contributed by atoms with Crippen LogP contribution >= 0.6 is 0 Å². The molecule has 1 heterocycles. The first-order valence-corrected chi connectivity index (χ1v) is 13.4. The summed E-state index contributed by atoms with van der Waals surface area (Å²) >= 11 is 0. The van der Waals surface area contributed by atoms with E-state index < -0.39 is 17.7 Å². The van der Waals surface area contributed by atoms with E-state index in [0.717, 1.165) is 30.0 Å². The van der Waals surface area contributed by atoms with Crippen LogP contribution < -0.4 is 19.4 Å². The topological polar surface area (TPSA) is 73.3 Å². The number of amides is 1. The summed E-state index contributed by atoms with van der Waals surface area (Å²) in [5.74, 6) is -0.947. The molecule has 39 heavy (non-hydrogen) atoms. The number of hydrogen-bond donors (Lipinski definition) is 1. The van der Waals surface area contributed by atoms with Gasteiger partial charge in [0.25, 0.3) is 11.7 Å². The van der Waals surface area contributed by atoms with Crippen LogP contribution in [0.25, 0.3) is 5.76 Å². The van der Waals surface area contributed by atoms with Crippen LogP contribution in [0.15, 0.2) is 78.4 Å². The van der Waals surface area contributed by atoms with Gasteiger partial charge in [0.05, 0.1) is 17.7 Å². The van der Waals surface area contributed by atoms with E-state index in [1.807, 2.05) is 81.4 Å². The van der Waals surface area contributed by atoms with E-state index in [9.17, 15) is 14.7 Å². The molecule has 204 valence electrons. The molecule has 7 nitrogen and oxygen atoms in total. The lowest BCUT2D eigenvalue weighted by Gasteiger charge is -2.27. The quantitative estimate of drug-likeness (QED) is 0.209. The number of hydrogen-bond acceptors (Lipinski definition) is 6. The van der Waals surface area contributed by atoms with Gasteiger partial charge in [-0.1, -0.05) is 12.1 Å². The normalized spacial score (nSPS) is 16.6. The average molecular weight is 528 g/mol. The Labute approximate surface area is 230 Å². The molecule has 1 atom stereocenters. The molecule has 0 bridgehead atoms. The van der Waals surface area contributed by atoms with Gasteiger partial charge in [0, 0.05) is 49.8 Å². The van der Waals surface area contributed by atoms with Crippen LogP contribution in [0.4, 0.5) is 17.1 Å². The molecule has 0 aromatic heterocycles. The monoisotopic (exact) mass is 527 g/mol. The molecule has 1 fully saturated rings. The molecule has 1 aliphatic rings. The number of aliphatic hydroxyl groups excluding tert-OH is 1. The molecule has 3 aromatic rings. The van der Waals surface area contributed by atoms with Gasteiger partial charge in [0.2, 0.25) is 0 Å². The van der Waals surface area contributed by atoms with Gasteiger partial charge < -0.3 is 19.6 Å². The third kappa shape index (κ3) is 5.62. The summed E-state index contributed by atoms with van der Waals surface area (Å²) < 4.78 is 5.72. The Hall–Kier alpha value is -4.26. The van der Waals surface area contributed by atoms with Gasteiger partial charge in [0.15, 0.2) is 0 Å². The summed E-state index contributed by atoms with van der Waals surface area (Å²) in [5, 5.41) is 11.4. The zero-order valence-electron chi connectivity index (χ0n) is 23.5. The largest absolute Gasteiger partial charge is 0.507 e. The van der Waals surface area contributed by atoms with Crippen molar-refractivity contribution in [3.05, 3.63) is 89.5 Å². The van der Waals surface area contributed by atoms with E-state index in [1.165, 1.54) is 4.90 Å². The molecule has 1 unspecified atom stereocenters. The maximum Gasteiger partial charge on any atom is 0.300 e. The number of nitrogens with zero attached hydrogens (tertiary/aromatic N) is 3. The van der Waals surface area contributed by atoms with Crippen molar-refractivity contribution >= 4 is 34.5 Å². The Morgan fingerprint density at radius 1 is 0.872 bits per heavy atom. The Balaban J connectivity index is 1.84. The highest BCUT2D eigenvalue weighted by Crippen LogP contribution is 2.43. The van der Waals surface area contributed by atoms with Gasteiger partial charge in [-0.15, -0.1) is 0 Å². The fraction of sp³-hybridized carbons (Fsp3) is 0.312. The van der Waals surface area contributed by atoms with E-state index in [-0.39, 0.29) is 17.4 Å². The number of rotatable bonds is 9. The van der Waals surface area contributed by atoms with Gasteiger partial charge in [-0.25, -0.2) is 0 Å². The first-order chi connectivity index (χ1) is 18.7. The lowest BCUT2D eigenvalue weighted by molar-refractivity contribution is -0.132. The number of carbonyl (C=O) groups is 2. The van der Waals surface area contributed by atoms with E-state index in [4.69, 9.17) is 4.74 Å². The summed E-state index contributed by atoms with van der Waals surface area (Å²) in [4.78, 5) is 32.7. The number of ether oxygens (including phenoxy) is 1. The number of anilines is 3. The van der Waals surface area contributed by atoms with Crippen LogP contribution in [-0.2, 0) is 9.59 Å². The maximum atomic E-state index is 13.5. The number of aliphatic hydroxyl groups is 1. The molecular weight excluding hydrogens is 490 g/mol. The lowest BCUT2D eigenvalue weighted by atomic mass is 9.94. The number of benzene rings is 3. The van der Waals surface area contributed by atoms with Crippen LogP contribution in [0, 0.1) is 0 Å². The summed E-state index contributed by atoms with van der Waals surface area (Å²) in [6, 6.07) is 21.4. The highest BCUT2D eigenvalue weighted by Gasteiger charge is 2.47. The second-order valence-electron chi connectivity index (χ2n) is 10.0. The molecule has 1 aliphatic heterocycles. The molecule has 0 aliphatic carbocycles. The molecule has 1 N–H and O–H groups in total. The first kappa shape index (κ1) is 27.8. The minimum Gasteiger partial charge on any atom is -0.507 e. The van der Waals surface area contributed by atoms with Crippen molar-refractivity contribution in [2.75, 3.05) is 41.9 Å². The SMILES string of the molecule is CCN(CC)c1ccc(C2/C(=C(\O)c3ccc(OC(C)C)cc3)C(=O)C(=O)N2c2ccc(N(C)C)cc2)cc1. The van der Waals surface area contributed by atoms with E-state index >= 15 is 0 Å². The van der Waals surface area contributed by atoms with Crippen molar-refractivity contribution < 1.29 is 19.4 Å². The molecule has 1 saturated heterocycles. The molecule has 7 heteroatoms. The molecule has 0 spiro atoms.